The summed E-state index contributed by atoms with van der Waals surface area (Å²) in [6.07, 6.45) is 1.56. The number of piperazine rings is 1. The Morgan fingerprint density at radius 1 is 1.07 bits per heavy atom. The summed E-state index contributed by atoms with van der Waals surface area (Å²) in [6.45, 7) is 7.33. The van der Waals surface area contributed by atoms with E-state index in [9.17, 15) is 4.79 Å². The van der Waals surface area contributed by atoms with Crippen LogP contribution < -0.4 is 0 Å². The first kappa shape index (κ1) is 17.5. The molecule has 1 amide bonds. The molecule has 0 radical (unpaired) electrons. The minimum atomic E-state index is -0.0448. The zero-order valence-electron chi connectivity index (χ0n) is 15.5. The van der Waals surface area contributed by atoms with Crippen molar-refractivity contribution < 1.29 is 13.7 Å². The lowest BCUT2D eigenvalue weighted by Gasteiger charge is -2.33. The van der Waals surface area contributed by atoms with Crippen molar-refractivity contribution in [1.82, 2.24) is 19.9 Å². The Morgan fingerprint density at radius 3 is 2.48 bits per heavy atom. The highest BCUT2D eigenvalue weighted by molar-refractivity contribution is 5.92. The van der Waals surface area contributed by atoms with E-state index < -0.39 is 0 Å². The van der Waals surface area contributed by atoms with Gasteiger partial charge in [-0.15, -0.1) is 0 Å². The molecular weight excluding hydrogens is 344 g/mol. The number of hydrogen-bond donors (Lipinski definition) is 0. The molecule has 1 fully saturated rings. The SMILES string of the molecule is Cc1ccc(-c2noc(CN3CCN(C(=O)c4occc4C)CC3)n2)cc1. The van der Waals surface area contributed by atoms with Crippen LogP contribution in [0.4, 0.5) is 0 Å². The van der Waals surface area contributed by atoms with E-state index >= 15 is 0 Å². The van der Waals surface area contributed by atoms with E-state index in [1.807, 2.05) is 49.1 Å². The number of aryl methyl sites for hydroxylation is 2. The standard InChI is InChI=1S/C20H22N4O3/c1-14-3-5-16(6-4-14)19-21-17(27-22-19)13-23-8-10-24(11-9-23)20(25)18-15(2)7-12-26-18/h3-7,12H,8-11,13H2,1-2H3. The van der Waals surface area contributed by atoms with Crippen LogP contribution in [0.1, 0.15) is 27.6 Å². The van der Waals surface area contributed by atoms with Crippen molar-refractivity contribution >= 4 is 5.91 Å². The third-order valence-electron chi connectivity index (χ3n) is 4.85. The summed E-state index contributed by atoms with van der Waals surface area (Å²) in [5.41, 5.74) is 3.01. The van der Waals surface area contributed by atoms with Crippen molar-refractivity contribution in [1.29, 1.82) is 0 Å². The van der Waals surface area contributed by atoms with Crippen molar-refractivity contribution in [3.63, 3.8) is 0 Å². The number of aromatic nitrogens is 2. The van der Waals surface area contributed by atoms with E-state index in [0.29, 0.717) is 37.1 Å². The van der Waals surface area contributed by atoms with Gasteiger partial charge >= 0.3 is 0 Å². The molecule has 7 heteroatoms. The summed E-state index contributed by atoms with van der Waals surface area (Å²) in [6, 6.07) is 9.85. The number of hydrogen-bond acceptors (Lipinski definition) is 6. The van der Waals surface area contributed by atoms with Crippen LogP contribution >= 0.6 is 0 Å². The number of furan rings is 1. The molecule has 2 aromatic heterocycles. The van der Waals surface area contributed by atoms with Gasteiger partial charge in [-0.2, -0.15) is 4.98 Å². The lowest BCUT2D eigenvalue weighted by molar-refractivity contribution is 0.0584. The predicted molar refractivity (Wildman–Crippen MR) is 99.1 cm³/mol. The van der Waals surface area contributed by atoms with Crippen molar-refractivity contribution in [2.45, 2.75) is 20.4 Å². The maximum absolute atomic E-state index is 12.5. The largest absolute Gasteiger partial charge is 0.459 e. The second-order valence-corrected chi connectivity index (χ2v) is 6.88. The van der Waals surface area contributed by atoms with Crippen LogP contribution in [0.5, 0.6) is 0 Å². The van der Waals surface area contributed by atoms with Crippen LogP contribution in [0.2, 0.25) is 0 Å². The summed E-state index contributed by atoms with van der Waals surface area (Å²) in [5, 5.41) is 4.08. The third-order valence-corrected chi connectivity index (χ3v) is 4.85. The zero-order valence-corrected chi connectivity index (χ0v) is 15.5. The van der Waals surface area contributed by atoms with Gasteiger partial charge in [0.05, 0.1) is 12.8 Å². The molecule has 0 N–H and O–H groups in total. The summed E-state index contributed by atoms with van der Waals surface area (Å²) < 4.78 is 10.7. The highest BCUT2D eigenvalue weighted by Gasteiger charge is 2.26. The Bertz CT molecular complexity index is 921. The van der Waals surface area contributed by atoms with E-state index in [2.05, 4.69) is 15.0 Å². The molecule has 0 unspecified atom stereocenters. The zero-order chi connectivity index (χ0) is 18.8. The minimum absolute atomic E-state index is 0.0448. The maximum atomic E-state index is 12.5. The van der Waals surface area contributed by atoms with Crippen LogP contribution in [-0.4, -0.2) is 52.0 Å². The van der Waals surface area contributed by atoms with E-state index in [-0.39, 0.29) is 5.91 Å². The van der Waals surface area contributed by atoms with Gasteiger partial charge in [0.2, 0.25) is 11.7 Å². The van der Waals surface area contributed by atoms with Gasteiger partial charge in [0.25, 0.3) is 5.91 Å². The van der Waals surface area contributed by atoms with Gasteiger partial charge in [0, 0.05) is 37.3 Å². The number of amides is 1. The molecule has 27 heavy (non-hydrogen) atoms. The van der Waals surface area contributed by atoms with Gasteiger partial charge in [-0.25, -0.2) is 0 Å². The topological polar surface area (TPSA) is 75.6 Å². The summed E-state index contributed by atoms with van der Waals surface area (Å²) in [7, 11) is 0. The van der Waals surface area contributed by atoms with Gasteiger partial charge in [-0.05, 0) is 19.9 Å². The number of nitrogens with zero attached hydrogens (tertiary/aromatic N) is 4. The molecule has 7 nitrogen and oxygen atoms in total. The van der Waals surface area contributed by atoms with Gasteiger partial charge in [0.15, 0.2) is 5.76 Å². The average Bonchev–Trinajstić information content (AvgIpc) is 3.31. The monoisotopic (exact) mass is 366 g/mol. The highest BCUT2D eigenvalue weighted by atomic mass is 16.5. The van der Waals surface area contributed by atoms with Crippen molar-refractivity contribution in [3.8, 4) is 11.4 Å². The molecule has 140 valence electrons. The molecule has 0 bridgehead atoms. The lowest BCUT2D eigenvalue weighted by atomic mass is 10.1. The molecule has 0 aliphatic carbocycles. The minimum Gasteiger partial charge on any atom is -0.459 e. The summed E-state index contributed by atoms with van der Waals surface area (Å²) in [5.74, 6) is 1.58. The second-order valence-electron chi connectivity index (χ2n) is 6.88. The Morgan fingerprint density at radius 2 is 1.81 bits per heavy atom. The van der Waals surface area contributed by atoms with E-state index in [1.165, 1.54) is 5.56 Å². The molecule has 0 atom stereocenters. The van der Waals surface area contributed by atoms with Crippen LogP contribution in [0, 0.1) is 13.8 Å². The van der Waals surface area contributed by atoms with Crippen molar-refractivity contribution in [2.24, 2.45) is 0 Å². The summed E-state index contributed by atoms with van der Waals surface area (Å²) in [4.78, 5) is 21.0. The molecule has 1 aliphatic heterocycles. The fourth-order valence-corrected chi connectivity index (χ4v) is 3.17. The van der Waals surface area contributed by atoms with Gasteiger partial charge in [0.1, 0.15) is 0 Å². The molecule has 3 heterocycles. The maximum Gasteiger partial charge on any atom is 0.289 e. The number of benzene rings is 1. The summed E-state index contributed by atoms with van der Waals surface area (Å²) >= 11 is 0. The molecule has 3 aromatic rings. The third kappa shape index (κ3) is 3.78. The quantitative estimate of drug-likeness (QED) is 0.707. The van der Waals surface area contributed by atoms with E-state index in [0.717, 1.165) is 24.2 Å². The smallest absolute Gasteiger partial charge is 0.289 e. The average molecular weight is 366 g/mol. The van der Waals surface area contributed by atoms with Gasteiger partial charge in [-0.1, -0.05) is 35.0 Å². The van der Waals surface area contributed by atoms with Gasteiger partial charge in [-0.3, -0.25) is 9.69 Å². The Kier molecular flexibility index (Phi) is 4.77. The molecule has 1 saturated heterocycles. The number of carbonyl (C=O) groups is 1. The first-order valence-corrected chi connectivity index (χ1v) is 9.05. The second kappa shape index (κ2) is 7.36. The number of rotatable bonds is 4. The van der Waals surface area contributed by atoms with Crippen LogP contribution in [0.15, 0.2) is 45.5 Å². The Hall–Kier alpha value is -2.93. The molecule has 1 aromatic carbocycles. The van der Waals surface area contributed by atoms with Crippen LogP contribution in [0.3, 0.4) is 0 Å². The Labute approximate surface area is 157 Å². The molecule has 0 saturated carbocycles. The van der Waals surface area contributed by atoms with E-state index in [4.69, 9.17) is 8.94 Å². The fourth-order valence-electron chi connectivity index (χ4n) is 3.17. The molecule has 1 aliphatic rings. The van der Waals surface area contributed by atoms with Crippen LogP contribution in [-0.2, 0) is 6.54 Å². The number of carbonyl (C=O) groups excluding carboxylic acids is 1. The predicted octanol–water partition coefficient (Wildman–Crippen LogP) is 2.90. The van der Waals surface area contributed by atoms with E-state index in [1.54, 1.807) is 6.26 Å². The molecule has 4 rings (SSSR count). The highest BCUT2D eigenvalue weighted by Crippen LogP contribution is 2.18. The van der Waals surface area contributed by atoms with Crippen molar-refractivity contribution in [3.05, 3.63) is 59.4 Å². The van der Waals surface area contributed by atoms with Crippen molar-refractivity contribution in [2.75, 3.05) is 26.2 Å². The first-order chi connectivity index (χ1) is 13.1. The van der Waals surface area contributed by atoms with Crippen LogP contribution in [0.25, 0.3) is 11.4 Å². The molecule has 0 spiro atoms. The first-order valence-electron chi connectivity index (χ1n) is 9.05. The Balaban J connectivity index is 1.34. The normalized spacial score (nSPS) is 15.3. The lowest BCUT2D eigenvalue weighted by Crippen LogP contribution is -2.48. The fraction of sp³-hybridized carbons (Fsp3) is 0.350. The van der Waals surface area contributed by atoms with Gasteiger partial charge < -0.3 is 13.8 Å². The molecular formula is C20H22N4O3.